The third-order valence-electron chi connectivity index (χ3n) is 3.52. The van der Waals surface area contributed by atoms with Crippen LogP contribution in [0.4, 0.5) is 5.95 Å². The highest BCUT2D eigenvalue weighted by molar-refractivity contribution is 5.31. The molecule has 0 amide bonds. The van der Waals surface area contributed by atoms with Gasteiger partial charge in [-0.1, -0.05) is 30.3 Å². The van der Waals surface area contributed by atoms with Crippen molar-refractivity contribution in [2.75, 3.05) is 18.0 Å². The standard InChI is InChI=1S/C14H19N5/c15-12-8-9-19(10-12)14-16-13(17-18-14)7-6-11-4-2-1-3-5-11/h1-5,12H,6-10,15H2,(H,16,17,18). The Kier molecular flexibility index (Phi) is 3.46. The zero-order valence-corrected chi connectivity index (χ0v) is 10.9. The number of benzene rings is 1. The van der Waals surface area contributed by atoms with E-state index >= 15 is 0 Å². The van der Waals surface area contributed by atoms with E-state index in [0.29, 0.717) is 0 Å². The number of hydrogen-bond acceptors (Lipinski definition) is 4. The van der Waals surface area contributed by atoms with Gasteiger partial charge in [-0.05, 0) is 18.4 Å². The van der Waals surface area contributed by atoms with Crippen molar-refractivity contribution in [3.63, 3.8) is 0 Å². The first-order valence-electron chi connectivity index (χ1n) is 6.77. The largest absolute Gasteiger partial charge is 0.338 e. The third kappa shape index (κ3) is 2.93. The van der Waals surface area contributed by atoms with Crippen molar-refractivity contribution in [2.24, 2.45) is 5.73 Å². The lowest BCUT2D eigenvalue weighted by Gasteiger charge is -2.11. The predicted octanol–water partition coefficient (Wildman–Crippen LogP) is 1.13. The van der Waals surface area contributed by atoms with E-state index in [1.54, 1.807) is 0 Å². The monoisotopic (exact) mass is 257 g/mol. The Morgan fingerprint density at radius 2 is 2.11 bits per heavy atom. The van der Waals surface area contributed by atoms with Crippen molar-refractivity contribution in [1.82, 2.24) is 15.2 Å². The highest BCUT2D eigenvalue weighted by Crippen LogP contribution is 2.15. The predicted molar refractivity (Wildman–Crippen MR) is 75.0 cm³/mol. The smallest absolute Gasteiger partial charge is 0.244 e. The molecule has 5 nitrogen and oxygen atoms in total. The van der Waals surface area contributed by atoms with Gasteiger partial charge in [-0.2, -0.15) is 4.98 Å². The van der Waals surface area contributed by atoms with Gasteiger partial charge in [-0.25, -0.2) is 0 Å². The minimum Gasteiger partial charge on any atom is -0.338 e. The first-order valence-corrected chi connectivity index (χ1v) is 6.77. The van der Waals surface area contributed by atoms with Gasteiger partial charge in [0.2, 0.25) is 5.95 Å². The summed E-state index contributed by atoms with van der Waals surface area (Å²) >= 11 is 0. The molecule has 0 radical (unpaired) electrons. The lowest BCUT2D eigenvalue weighted by Crippen LogP contribution is -2.27. The van der Waals surface area contributed by atoms with E-state index in [2.05, 4.69) is 44.3 Å². The van der Waals surface area contributed by atoms with Gasteiger partial charge in [-0.3, -0.25) is 5.10 Å². The molecule has 19 heavy (non-hydrogen) atoms. The van der Waals surface area contributed by atoms with Gasteiger partial charge in [0, 0.05) is 25.6 Å². The van der Waals surface area contributed by atoms with Crippen LogP contribution in [0.5, 0.6) is 0 Å². The number of anilines is 1. The number of H-pyrrole nitrogens is 1. The van der Waals surface area contributed by atoms with Gasteiger partial charge >= 0.3 is 0 Å². The molecule has 1 aliphatic heterocycles. The summed E-state index contributed by atoms with van der Waals surface area (Å²) in [7, 11) is 0. The molecule has 1 atom stereocenters. The van der Waals surface area contributed by atoms with Crippen LogP contribution in [0.3, 0.4) is 0 Å². The third-order valence-corrected chi connectivity index (χ3v) is 3.52. The van der Waals surface area contributed by atoms with Crippen LogP contribution in [-0.4, -0.2) is 34.3 Å². The highest BCUT2D eigenvalue weighted by atomic mass is 15.4. The van der Waals surface area contributed by atoms with Crippen LogP contribution in [0.15, 0.2) is 30.3 Å². The lowest BCUT2D eigenvalue weighted by atomic mass is 10.1. The van der Waals surface area contributed by atoms with Gasteiger partial charge < -0.3 is 10.6 Å². The first-order chi connectivity index (χ1) is 9.31. The molecular formula is C14H19N5. The molecule has 5 heteroatoms. The summed E-state index contributed by atoms with van der Waals surface area (Å²) < 4.78 is 0. The zero-order valence-electron chi connectivity index (χ0n) is 10.9. The van der Waals surface area contributed by atoms with Gasteiger partial charge in [0.15, 0.2) is 0 Å². The molecule has 1 aliphatic rings. The van der Waals surface area contributed by atoms with Crippen LogP contribution in [0.2, 0.25) is 0 Å². The number of nitrogens with one attached hydrogen (secondary N) is 1. The van der Waals surface area contributed by atoms with Crippen LogP contribution in [0.1, 0.15) is 17.8 Å². The second-order valence-electron chi connectivity index (χ2n) is 5.06. The maximum absolute atomic E-state index is 5.90. The van der Waals surface area contributed by atoms with E-state index in [-0.39, 0.29) is 6.04 Å². The van der Waals surface area contributed by atoms with Crippen LogP contribution in [0, 0.1) is 0 Å². The molecule has 0 aliphatic carbocycles. The Hall–Kier alpha value is -1.88. The van der Waals surface area contributed by atoms with Gasteiger partial charge in [0.05, 0.1) is 0 Å². The molecule has 100 valence electrons. The normalized spacial score (nSPS) is 19.0. The van der Waals surface area contributed by atoms with E-state index in [0.717, 1.165) is 44.1 Å². The van der Waals surface area contributed by atoms with Crippen molar-refractivity contribution in [2.45, 2.75) is 25.3 Å². The van der Waals surface area contributed by atoms with E-state index in [9.17, 15) is 0 Å². The summed E-state index contributed by atoms with van der Waals surface area (Å²) in [5, 5.41) is 7.30. The Bertz CT molecular complexity index is 522. The minimum atomic E-state index is 0.256. The second-order valence-corrected chi connectivity index (χ2v) is 5.06. The Morgan fingerprint density at radius 1 is 1.26 bits per heavy atom. The number of nitrogens with zero attached hydrogens (tertiary/aromatic N) is 3. The summed E-state index contributed by atoms with van der Waals surface area (Å²) in [4.78, 5) is 6.69. The quantitative estimate of drug-likeness (QED) is 0.861. The molecule has 1 aromatic carbocycles. The molecule has 2 heterocycles. The van der Waals surface area contributed by atoms with Crippen molar-refractivity contribution >= 4 is 5.95 Å². The fourth-order valence-electron chi connectivity index (χ4n) is 2.41. The molecule has 0 saturated carbocycles. The SMILES string of the molecule is NC1CCN(c2n[nH]c(CCc3ccccc3)n2)C1. The molecule has 0 spiro atoms. The summed E-state index contributed by atoms with van der Waals surface area (Å²) in [6.07, 6.45) is 2.89. The summed E-state index contributed by atoms with van der Waals surface area (Å²) in [5.41, 5.74) is 7.22. The highest BCUT2D eigenvalue weighted by Gasteiger charge is 2.22. The number of aryl methyl sites for hydroxylation is 2. The Labute approximate surface area is 112 Å². The number of nitrogens with two attached hydrogens (primary N) is 1. The van der Waals surface area contributed by atoms with Crippen molar-refractivity contribution in [3.8, 4) is 0 Å². The first kappa shape index (κ1) is 12.2. The van der Waals surface area contributed by atoms with Gasteiger partial charge in [0.25, 0.3) is 0 Å². The van der Waals surface area contributed by atoms with E-state index < -0.39 is 0 Å². The Morgan fingerprint density at radius 3 is 2.84 bits per heavy atom. The molecule has 1 aromatic heterocycles. The van der Waals surface area contributed by atoms with Gasteiger partial charge in [0.1, 0.15) is 5.82 Å². The molecular weight excluding hydrogens is 238 g/mol. The maximum atomic E-state index is 5.90. The van der Waals surface area contributed by atoms with Crippen LogP contribution < -0.4 is 10.6 Å². The van der Waals surface area contributed by atoms with Crippen molar-refractivity contribution in [3.05, 3.63) is 41.7 Å². The summed E-state index contributed by atoms with van der Waals surface area (Å²) in [5.74, 6) is 1.73. The minimum absolute atomic E-state index is 0.256. The average molecular weight is 257 g/mol. The fraction of sp³-hybridized carbons (Fsp3) is 0.429. The molecule has 0 bridgehead atoms. The second kappa shape index (κ2) is 5.40. The Balaban J connectivity index is 1.59. The number of hydrogen-bond donors (Lipinski definition) is 2. The molecule has 2 aromatic rings. The molecule has 1 saturated heterocycles. The van der Waals surface area contributed by atoms with Gasteiger partial charge in [-0.15, -0.1) is 5.10 Å². The summed E-state index contributed by atoms with van der Waals surface area (Å²) in [6.45, 7) is 1.81. The van der Waals surface area contributed by atoms with Crippen LogP contribution in [0.25, 0.3) is 0 Å². The molecule has 1 fully saturated rings. The van der Waals surface area contributed by atoms with Crippen molar-refractivity contribution < 1.29 is 0 Å². The zero-order chi connectivity index (χ0) is 13.1. The van der Waals surface area contributed by atoms with E-state index in [1.165, 1.54) is 5.56 Å². The fourth-order valence-corrected chi connectivity index (χ4v) is 2.41. The topological polar surface area (TPSA) is 70.8 Å². The van der Waals surface area contributed by atoms with Crippen LogP contribution >= 0.6 is 0 Å². The molecule has 1 unspecified atom stereocenters. The van der Waals surface area contributed by atoms with Crippen LogP contribution in [-0.2, 0) is 12.8 Å². The number of aromatic amines is 1. The van der Waals surface area contributed by atoms with E-state index in [4.69, 9.17) is 5.73 Å². The average Bonchev–Trinajstić information content (AvgIpc) is 3.06. The number of aromatic nitrogens is 3. The van der Waals surface area contributed by atoms with E-state index in [1.807, 2.05) is 6.07 Å². The maximum Gasteiger partial charge on any atom is 0.244 e. The summed E-state index contributed by atoms with van der Waals surface area (Å²) in [6, 6.07) is 10.7. The lowest BCUT2D eigenvalue weighted by molar-refractivity contribution is 0.750. The number of rotatable bonds is 4. The molecule has 3 N–H and O–H groups in total. The van der Waals surface area contributed by atoms with Crippen molar-refractivity contribution in [1.29, 1.82) is 0 Å². The molecule has 3 rings (SSSR count).